The number of thiazole rings is 1. The Kier molecular flexibility index (Phi) is 3.98. The molecule has 0 aliphatic rings. The fourth-order valence-electron chi connectivity index (χ4n) is 2.60. The number of rotatable bonds is 5. The van der Waals surface area contributed by atoms with Crippen molar-refractivity contribution in [3.8, 4) is 11.3 Å². The minimum absolute atomic E-state index is 0.0628. The number of hydrogen-bond donors (Lipinski definition) is 2. The van der Waals surface area contributed by atoms with E-state index in [1.165, 1.54) is 11.1 Å². The molecule has 0 saturated heterocycles. The summed E-state index contributed by atoms with van der Waals surface area (Å²) < 4.78 is 6.50. The van der Waals surface area contributed by atoms with E-state index in [0.29, 0.717) is 12.3 Å². The van der Waals surface area contributed by atoms with Crippen LogP contribution >= 0.6 is 11.3 Å². The van der Waals surface area contributed by atoms with Crippen molar-refractivity contribution in [2.75, 3.05) is 5.32 Å². The number of oxazole rings is 1. The highest BCUT2D eigenvalue weighted by Gasteiger charge is 2.09. The van der Waals surface area contributed by atoms with Crippen LogP contribution in [0.25, 0.3) is 21.5 Å². The van der Waals surface area contributed by atoms with Crippen molar-refractivity contribution in [2.45, 2.75) is 13.2 Å². The van der Waals surface area contributed by atoms with Crippen LogP contribution in [0, 0.1) is 0 Å². The molecule has 0 radical (unpaired) electrons. The van der Waals surface area contributed by atoms with Crippen LogP contribution in [0.15, 0.2) is 59.5 Å². The summed E-state index contributed by atoms with van der Waals surface area (Å²) in [7, 11) is 0. The maximum absolute atomic E-state index is 9.62. The first kappa shape index (κ1) is 14.9. The van der Waals surface area contributed by atoms with Gasteiger partial charge in [-0.15, -0.1) is 11.3 Å². The molecule has 0 bridgehead atoms. The number of anilines is 1. The lowest BCUT2D eigenvalue weighted by Gasteiger charge is -2.09. The summed E-state index contributed by atoms with van der Waals surface area (Å²) in [5.74, 6) is 0.650. The molecule has 2 N–H and O–H groups in total. The summed E-state index contributed by atoms with van der Waals surface area (Å²) in [5.41, 5.74) is 3.60. The largest absolute Gasteiger partial charge is 0.444 e. The number of benzene rings is 2. The molecule has 2 aromatic carbocycles. The molecule has 24 heavy (non-hydrogen) atoms. The summed E-state index contributed by atoms with van der Waals surface area (Å²) in [6.07, 6.45) is 3.03. The van der Waals surface area contributed by atoms with Gasteiger partial charge in [0.25, 0.3) is 0 Å². The monoisotopic (exact) mass is 337 g/mol. The van der Waals surface area contributed by atoms with Crippen molar-refractivity contribution in [3.63, 3.8) is 0 Å². The van der Waals surface area contributed by atoms with Gasteiger partial charge in [-0.3, -0.25) is 0 Å². The van der Waals surface area contributed by atoms with E-state index in [0.717, 1.165) is 27.3 Å². The van der Waals surface area contributed by atoms with E-state index >= 15 is 0 Å². The number of nitrogens with one attached hydrogen (secondary N) is 1. The van der Waals surface area contributed by atoms with Crippen molar-refractivity contribution >= 4 is 27.2 Å². The molecule has 4 aromatic rings. The quantitative estimate of drug-likeness (QED) is 0.575. The zero-order chi connectivity index (χ0) is 16.4. The minimum atomic E-state index is -0.0628. The molecule has 2 aromatic heterocycles. The molecule has 0 fully saturated rings. The second kappa shape index (κ2) is 6.43. The zero-order valence-electron chi connectivity index (χ0n) is 12.8. The SMILES string of the molecule is OCc1cc(NCc2nc3ccccc3s2)ccc1-c1cnco1. The second-order valence-corrected chi connectivity index (χ2v) is 6.44. The first-order valence-electron chi connectivity index (χ1n) is 7.54. The van der Waals surface area contributed by atoms with E-state index < -0.39 is 0 Å². The van der Waals surface area contributed by atoms with Crippen LogP contribution in [0.2, 0.25) is 0 Å². The highest BCUT2D eigenvalue weighted by Crippen LogP contribution is 2.27. The molecule has 5 nitrogen and oxygen atoms in total. The lowest BCUT2D eigenvalue weighted by molar-refractivity contribution is 0.282. The van der Waals surface area contributed by atoms with Gasteiger partial charge in [0.05, 0.1) is 29.6 Å². The molecule has 4 rings (SSSR count). The predicted molar refractivity (Wildman–Crippen MR) is 94.8 cm³/mol. The molecular formula is C18H15N3O2S. The van der Waals surface area contributed by atoms with Gasteiger partial charge in [0.2, 0.25) is 0 Å². The summed E-state index contributed by atoms with van der Waals surface area (Å²) in [5, 5.41) is 14.0. The van der Waals surface area contributed by atoms with E-state index in [1.807, 2.05) is 36.4 Å². The Morgan fingerprint density at radius 3 is 2.88 bits per heavy atom. The summed E-state index contributed by atoms with van der Waals surface area (Å²) in [4.78, 5) is 8.53. The number of aromatic nitrogens is 2. The Bertz CT molecular complexity index is 930. The van der Waals surface area contributed by atoms with Gasteiger partial charge in [-0.1, -0.05) is 12.1 Å². The van der Waals surface area contributed by atoms with E-state index in [-0.39, 0.29) is 6.61 Å². The van der Waals surface area contributed by atoms with Gasteiger partial charge in [0.1, 0.15) is 5.01 Å². The second-order valence-electron chi connectivity index (χ2n) is 5.32. The molecule has 0 saturated carbocycles. The Balaban J connectivity index is 1.54. The molecule has 6 heteroatoms. The Morgan fingerprint density at radius 1 is 1.17 bits per heavy atom. The number of para-hydroxylation sites is 1. The Hall–Kier alpha value is -2.70. The third kappa shape index (κ3) is 2.89. The van der Waals surface area contributed by atoms with Gasteiger partial charge < -0.3 is 14.8 Å². The Labute approximate surface area is 142 Å². The highest BCUT2D eigenvalue weighted by molar-refractivity contribution is 7.18. The van der Waals surface area contributed by atoms with E-state index in [2.05, 4.69) is 21.4 Å². The van der Waals surface area contributed by atoms with E-state index in [9.17, 15) is 5.11 Å². The molecular weight excluding hydrogens is 322 g/mol. The predicted octanol–water partition coefficient (Wildman–Crippen LogP) is 4.06. The van der Waals surface area contributed by atoms with Gasteiger partial charge in [-0.25, -0.2) is 9.97 Å². The molecule has 2 heterocycles. The van der Waals surface area contributed by atoms with E-state index in [4.69, 9.17) is 4.42 Å². The van der Waals surface area contributed by atoms with Gasteiger partial charge in [0.15, 0.2) is 12.2 Å². The molecule has 0 spiro atoms. The maximum atomic E-state index is 9.62. The summed E-state index contributed by atoms with van der Waals surface area (Å²) >= 11 is 1.68. The number of fused-ring (bicyclic) bond motifs is 1. The third-order valence-electron chi connectivity index (χ3n) is 3.76. The Morgan fingerprint density at radius 2 is 2.08 bits per heavy atom. The van der Waals surface area contributed by atoms with Crippen LogP contribution in [0.4, 0.5) is 5.69 Å². The number of aliphatic hydroxyl groups is 1. The van der Waals surface area contributed by atoms with E-state index in [1.54, 1.807) is 17.5 Å². The zero-order valence-corrected chi connectivity index (χ0v) is 13.6. The van der Waals surface area contributed by atoms with Crippen LogP contribution in [0.5, 0.6) is 0 Å². The van der Waals surface area contributed by atoms with Gasteiger partial charge in [-0.05, 0) is 35.9 Å². The van der Waals surface area contributed by atoms with Crippen LogP contribution in [-0.2, 0) is 13.2 Å². The number of aliphatic hydroxyl groups excluding tert-OH is 1. The van der Waals surface area contributed by atoms with Crippen LogP contribution in [0.3, 0.4) is 0 Å². The third-order valence-corrected chi connectivity index (χ3v) is 4.79. The van der Waals surface area contributed by atoms with Crippen molar-refractivity contribution in [2.24, 2.45) is 0 Å². The molecule has 120 valence electrons. The number of hydrogen-bond acceptors (Lipinski definition) is 6. The maximum Gasteiger partial charge on any atom is 0.181 e. The fourth-order valence-corrected chi connectivity index (χ4v) is 3.50. The highest BCUT2D eigenvalue weighted by atomic mass is 32.1. The summed E-state index contributed by atoms with van der Waals surface area (Å²) in [6.45, 7) is 0.582. The topological polar surface area (TPSA) is 71.2 Å². The van der Waals surface area contributed by atoms with Crippen LogP contribution < -0.4 is 5.32 Å². The fraction of sp³-hybridized carbons (Fsp3) is 0.111. The number of nitrogens with zero attached hydrogens (tertiary/aromatic N) is 2. The first-order valence-corrected chi connectivity index (χ1v) is 8.36. The van der Waals surface area contributed by atoms with Crippen molar-refractivity contribution in [1.29, 1.82) is 0 Å². The van der Waals surface area contributed by atoms with Gasteiger partial charge in [0, 0.05) is 11.3 Å². The van der Waals surface area contributed by atoms with Crippen molar-refractivity contribution in [1.82, 2.24) is 9.97 Å². The minimum Gasteiger partial charge on any atom is -0.444 e. The molecule has 0 atom stereocenters. The van der Waals surface area contributed by atoms with Gasteiger partial charge >= 0.3 is 0 Å². The van der Waals surface area contributed by atoms with Crippen LogP contribution in [0.1, 0.15) is 10.6 Å². The smallest absolute Gasteiger partial charge is 0.181 e. The molecule has 0 aliphatic heterocycles. The van der Waals surface area contributed by atoms with Crippen LogP contribution in [-0.4, -0.2) is 15.1 Å². The average Bonchev–Trinajstić information content (AvgIpc) is 3.28. The van der Waals surface area contributed by atoms with Gasteiger partial charge in [-0.2, -0.15) is 0 Å². The molecule has 0 aliphatic carbocycles. The lowest BCUT2D eigenvalue weighted by Crippen LogP contribution is -2.00. The summed E-state index contributed by atoms with van der Waals surface area (Å²) in [6, 6.07) is 13.9. The molecule has 0 amide bonds. The van der Waals surface area contributed by atoms with Crippen molar-refractivity contribution in [3.05, 3.63) is 65.6 Å². The standard InChI is InChI=1S/C18H15N3O2S/c22-10-12-7-13(5-6-14(12)16-8-19-11-23-16)20-9-18-21-15-3-1-2-4-17(15)24-18/h1-8,11,20,22H,9-10H2. The van der Waals surface area contributed by atoms with Crippen molar-refractivity contribution < 1.29 is 9.52 Å². The lowest BCUT2D eigenvalue weighted by atomic mass is 10.1. The normalized spacial score (nSPS) is 11.0. The molecule has 0 unspecified atom stereocenters. The average molecular weight is 337 g/mol. The first-order chi connectivity index (χ1) is 11.8.